The largest absolute Gasteiger partial charge is 0.490 e. The molecule has 0 saturated carbocycles. The minimum absolute atomic E-state index is 0.101. The summed E-state index contributed by atoms with van der Waals surface area (Å²) in [7, 11) is 1.62. The van der Waals surface area contributed by atoms with Gasteiger partial charge in [-0.2, -0.15) is 0 Å². The fraction of sp³-hybridized carbons (Fsp3) is 0.480. The van der Waals surface area contributed by atoms with Gasteiger partial charge in [0.25, 0.3) is 5.91 Å². The van der Waals surface area contributed by atoms with Crippen LogP contribution in [0.25, 0.3) is 0 Å². The van der Waals surface area contributed by atoms with Crippen LogP contribution in [0.1, 0.15) is 45.5 Å². The van der Waals surface area contributed by atoms with Crippen LogP contribution in [0.5, 0.6) is 5.75 Å². The second-order valence-corrected chi connectivity index (χ2v) is 8.23. The standard InChI is InChI=1S/C25H34N2O3/c1-18-14-20(3)22(15-19(18)2)17-27-11-8-23(9-12-27)30-24-7-5-6-21(16-24)25(28)26-10-13-29-4/h5-7,14-16,23H,8-13,17H2,1-4H3,(H,26,28). The van der Waals surface area contributed by atoms with Gasteiger partial charge >= 0.3 is 0 Å². The zero-order valence-corrected chi connectivity index (χ0v) is 18.7. The number of hydrogen-bond donors (Lipinski definition) is 1. The molecule has 5 heteroatoms. The van der Waals surface area contributed by atoms with Crippen molar-refractivity contribution in [1.82, 2.24) is 10.2 Å². The molecule has 1 aliphatic heterocycles. The minimum atomic E-state index is -0.101. The number of ether oxygens (including phenoxy) is 2. The Bertz CT molecular complexity index is 857. The summed E-state index contributed by atoms with van der Waals surface area (Å²) in [5.41, 5.74) is 6.13. The first-order valence-corrected chi connectivity index (χ1v) is 10.8. The Kier molecular flexibility index (Phi) is 7.88. The Labute approximate surface area is 180 Å². The molecular weight excluding hydrogens is 376 g/mol. The third-order valence-corrected chi connectivity index (χ3v) is 5.87. The molecule has 0 atom stereocenters. The number of nitrogens with one attached hydrogen (secondary N) is 1. The van der Waals surface area contributed by atoms with Gasteiger partial charge in [-0.1, -0.05) is 18.2 Å². The van der Waals surface area contributed by atoms with Crippen molar-refractivity contribution in [2.75, 3.05) is 33.4 Å². The lowest BCUT2D eigenvalue weighted by molar-refractivity contribution is 0.0924. The Morgan fingerprint density at radius 3 is 2.53 bits per heavy atom. The predicted octanol–water partition coefficient (Wildman–Crippen LogP) is 4.03. The van der Waals surface area contributed by atoms with Crippen molar-refractivity contribution in [1.29, 1.82) is 0 Å². The fourth-order valence-corrected chi connectivity index (χ4v) is 3.89. The summed E-state index contributed by atoms with van der Waals surface area (Å²) >= 11 is 0. The molecule has 2 aromatic rings. The van der Waals surface area contributed by atoms with Gasteiger partial charge in [-0.3, -0.25) is 9.69 Å². The summed E-state index contributed by atoms with van der Waals surface area (Å²) in [5.74, 6) is 0.661. The van der Waals surface area contributed by atoms with Gasteiger partial charge < -0.3 is 14.8 Å². The van der Waals surface area contributed by atoms with E-state index >= 15 is 0 Å². The summed E-state index contributed by atoms with van der Waals surface area (Å²) in [6.45, 7) is 10.6. The van der Waals surface area contributed by atoms with E-state index in [9.17, 15) is 4.79 Å². The maximum Gasteiger partial charge on any atom is 0.251 e. The molecule has 0 spiro atoms. The molecule has 162 valence electrons. The number of methoxy groups -OCH3 is 1. The van der Waals surface area contributed by atoms with Crippen molar-refractivity contribution < 1.29 is 14.3 Å². The van der Waals surface area contributed by atoms with Crippen LogP contribution in [0.3, 0.4) is 0 Å². The number of rotatable bonds is 8. The molecule has 0 unspecified atom stereocenters. The minimum Gasteiger partial charge on any atom is -0.490 e. The zero-order chi connectivity index (χ0) is 21.5. The van der Waals surface area contributed by atoms with E-state index in [1.807, 2.05) is 24.3 Å². The van der Waals surface area contributed by atoms with E-state index in [2.05, 4.69) is 43.1 Å². The van der Waals surface area contributed by atoms with Crippen LogP contribution in [0.15, 0.2) is 36.4 Å². The van der Waals surface area contributed by atoms with E-state index in [1.165, 1.54) is 22.3 Å². The van der Waals surface area contributed by atoms with Crippen LogP contribution in [-0.4, -0.2) is 50.3 Å². The number of carbonyl (C=O) groups excluding carboxylic acids is 1. The van der Waals surface area contributed by atoms with Crippen LogP contribution in [-0.2, 0) is 11.3 Å². The summed E-state index contributed by atoms with van der Waals surface area (Å²) in [4.78, 5) is 14.7. The molecular formula is C25H34N2O3. The lowest BCUT2D eigenvalue weighted by Gasteiger charge is -2.32. The van der Waals surface area contributed by atoms with Crippen molar-refractivity contribution >= 4 is 5.91 Å². The Morgan fingerprint density at radius 1 is 1.07 bits per heavy atom. The molecule has 3 rings (SSSR count). The average Bonchev–Trinajstić information content (AvgIpc) is 2.74. The lowest BCUT2D eigenvalue weighted by atomic mass is 9.99. The van der Waals surface area contributed by atoms with Gasteiger partial charge in [-0.05, 0) is 74.1 Å². The molecule has 5 nitrogen and oxygen atoms in total. The van der Waals surface area contributed by atoms with Gasteiger partial charge in [0.05, 0.1) is 6.61 Å². The third-order valence-electron chi connectivity index (χ3n) is 5.87. The van der Waals surface area contributed by atoms with E-state index in [1.54, 1.807) is 7.11 Å². The summed E-state index contributed by atoms with van der Waals surface area (Å²) in [6, 6.07) is 12.1. The highest BCUT2D eigenvalue weighted by molar-refractivity contribution is 5.94. The van der Waals surface area contributed by atoms with Gasteiger partial charge in [0.2, 0.25) is 0 Å². The number of piperidine rings is 1. The van der Waals surface area contributed by atoms with E-state index < -0.39 is 0 Å². The number of carbonyl (C=O) groups is 1. The Hall–Kier alpha value is -2.37. The van der Waals surface area contributed by atoms with Crippen molar-refractivity contribution in [3.63, 3.8) is 0 Å². The molecule has 0 aliphatic carbocycles. The normalized spacial score (nSPS) is 15.2. The van der Waals surface area contributed by atoms with Gasteiger partial charge in [-0.15, -0.1) is 0 Å². The molecule has 1 heterocycles. The Morgan fingerprint density at radius 2 is 1.80 bits per heavy atom. The smallest absolute Gasteiger partial charge is 0.251 e. The van der Waals surface area contributed by atoms with Crippen LogP contribution >= 0.6 is 0 Å². The second-order valence-electron chi connectivity index (χ2n) is 8.23. The monoisotopic (exact) mass is 410 g/mol. The first-order valence-electron chi connectivity index (χ1n) is 10.8. The molecule has 0 bridgehead atoms. The summed E-state index contributed by atoms with van der Waals surface area (Å²) in [5, 5.41) is 2.85. The van der Waals surface area contributed by atoms with Crippen molar-refractivity contribution in [3.8, 4) is 5.75 Å². The van der Waals surface area contributed by atoms with E-state index in [4.69, 9.17) is 9.47 Å². The Balaban J connectivity index is 1.51. The molecule has 0 radical (unpaired) electrons. The molecule has 1 N–H and O–H groups in total. The highest BCUT2D eigenvalue weighted by Gasteiger charge is 2.21. The molecule has 30 heavy (non-hydrogen) atoms. The van der Waals surface area contributed by atoms with Gasteiger partial charge in [-0.25, -0.2) is 0 Å². The SMILES string of the molecule is COCCNC(=O)c1cccc(OC2CCN(Cc3cc(C)c(C)cc3C)CC2)c1. The van der Waals surface area contributed by atoms with Crippen molar-refractivity contribution in [2.45, 2.75) is 46.3 Å². The van der Waals surface area contributed by atoms with Crippen LogP contribution in [0.4, 0.5) is 0 Å². The maximum absolute atomic E-state index is 12.2. The van der Waals surface area contributed by atoms with E-state index in [-0.39, 0.29) is 12.0 Å². The first-order chi connectivity index (χ1) is 14.5. The molecule has 1 aliphatic rings. The molecule has 2 aromatic carbocycles. The molecule has 1 saturated heterocycles. The zero-order valence-electron chi connectivity index (χ0n) is 18.7. The lowest BCUT2D eigenvalue weighted by Crippen LogP contribution is -2.38. The van der Waals surface area contributed by atoms with E-state index in [0.717, 1.165) is 38.2 Å². The highest BCUT2D eigenvalue weighted by Crippen LogP contribution is 2.23. The highest BCUT2D eigenvalue weighted by atomic mass is 16.5. The first kappa shape index (κ1) is 22.3. The van der Waals surface area contributed by atoms with Gasteiger partial charge in [0, 0.05) is 38.9 Å². The number of nitrogens with zero attached hydrogens (tertiary/aromatic N) is 1. The average molecular weight is 411 g/mol. The van der Waals surface area contributed by atoms with Crippen LogP contribution in [0.2, 0.25) is 0 Å². The molecule has 1 amide bonds. The van der Waals surface area contributed by atoms with Crippen molar-refractivity contribution in [2.24, 2.45) is 0 Å². The topological polar surface area (TPSA) is 50.8 Å². The number of likely N-dealkylation sites (tertiary alicyclic amines) is 1. The van der Waals surface area contributed by atoms with Gasteiger partial charge in [0.15, 0.2) is 0 Å². The third kappa shape index (κ3) is 6.07. The number of benzene rings is 2. The van der Waals surface area contributed by atoms with Gasteiger partial charge in [0.1, 0.15) is 11.9 Å². The van der Waals surface area contributed by atoms with Crippen LogP contribution < -0.4 is 10.1 Å². The number of amides is 1. The van der Waals surface area contributed by atoms with Crippen LogP contribution in [0, 0.1) is 20.8 Å². The quantitative estimate of drug-likeness (QED) is 0.668. The predicted molar refractivity (Wildman–Crippen MR) is 120 cm³/mol. The molecule has 0 aromatic heterocycles. The number of hydrogen-bond acceptors (Lipinski definition) is 4. The van der Waals surface area contributed by atoms with E-state index in [0.29, 0.717) is 18.7 Å². The molecule has 1 fully saturated rings. The summed E-state index contributed by atoms with van der Waals surface area (Å²) in [6.07, 6.45) is 2.18. The maximum atomic E-state index is 12.2. The second kappa shape index (κ2) is 10.6. The fourth-order valence-electron chi connectivity index (χ4n) is 3.89. The number of aryl methyl sites for hydroxylation is 3. The summed E-state index contributed by atoms with van der Waals surface area (Å²) < 4.78 is 11.2. The van der Waals surface area contributed by atoms with Crippen molar-refractivity contribution in [3.05, 3.63) is 64.2 Å².